The molecule has 2 aromatic carbocycles. The van der Waals surface area contributed by atoms with Gasteiger partial charge in [0.05, 0.1) is 15.6 Å². The molecule has 0 aliphatic heterocycles. The first-order valence-electron chi connectivity index (χ1n) is 7.35. The van der Waals surface area contributed by atoms with E-state index in [0.717, 1.165) is 11.1 Å². The highest BCUT2D eigenvalue weighted by molar-refractivity contribution is 6.42. The van der Waals surface area contributed by atoms with Crippen LogP contribution in [0.25, 0.3) is 0 Å². The molecule has 0 atom stereocenters. The minimum Gasteiger partial charge on any atom is -0.312 e. The molecular formula is C19H12Cl2N2O2. The molecule has 0 unspecified atom stereocenters. The first-order chi connectivity index (χ1) is 12.1. The summed E-state index contributed by atoms with van der Waals surface area (Å²) in [6.07, 6.45) is 3.29. The molecule has 3 aromatic rings. The summed E-state index contributed by atoms with van der Waals surface area (Å²) in [4.78, 5) is 21.3. The number of pyridine rings is 1. The van der Waals surface area contributed by atoms with Crippen LogP contribution >= 0.6 is 23.2 Å². The van der Waals surface area contributed by atoms with Crippen LogP contribution in [-0.2, 0) is 4.84 Å². The highest BCUT2D eigenvalue weighted by Crippen LogP contribution is 2.23. The Kier molecular flexibility index (Phi) is 5.43. The Balaban J connectivity index is 1.91. The van der Waals surface area contributed by atoms with E-state index in [-0.39, 0.29) is 10.6 Å². The number of carbonyl (C=O) groups excluding carboxylic acids is 1. The lowest BCUT2D eigenvalue weighted by atomic mass is 10.0. The minimum atomic E-state index is -0.624. The van der Waals surface area contributed by atoms with Crippen LogP contribution in [-0.4, -0.2) is 16.7 Å². The number of carbonyl (C=O) groups is 1. The lowest BCUT2D eigenvalue weighted by Gasteiger charge is -2.07. The topological polar surface area (TPSA) is 51.5 Å². The molecule has 0 N–H and O–H groups in total. The van der Waals surface area contributed by atoms with Crippen LogP contribution in [0.4, 0.5) is 0 Å². The maximum atomic E-state index is 12.2. The Bertz CT molecular complexity index is 872. The van der Waals surface area contributed by atoms with E-state index >= 15 is 0 Å². The molecule has 0 fully saturated rings. The number of hydrogen-bond acceptors (Lipinski definition) is 4. The molecule has 6 heteroatoms. The van der Waals surface area contributed by atoms with Crippen molar-refractivity contribution in [3.05, 3.63) is 99.8 Å². The number of benzene rings is 2. The summed E-state index contributed by atoms with van der Waals surface area (Å²) in [5.74, 6) is -0.624. The summed E-state index contributed by atoms with van der Waals surface area (Å²) < 4.78 is 0. The van der Waals surface area contributed by atoms with Crippen LogP contribution in [0.1, 0.15) is 21.5 Å². The van der Waals surface area contributed by atoms with Crippen molar-refractivity contribution >= 4 is 34.9 Å². The van der Waals surface area contributed by atoms with Gasteiger partial charge in [0, 0.05) is 23.5 Å². The van der Waals surface area contributed by atoms with Gasteiger partial charge in [0.2, 0.25) is 0 Å². The molecule has 4 nitrogen and oxygen atoms in total. The molecule has 25 heavy (non-hydrogen) atoms. The largest absolute Gasteiger partial charge is 0.365 e. The van der Waals surface area contributed by atoms with Gasteiger partial charge in [0.15, 0.2) is 0 Å². The van der Waals surface area contributed by atoms with E-state index in [1.54, 1.807) is 24.5 Å². The Morgan fingerprint density at radius 3 is 2.20 bits per heavy atom. The van der Waals surface area contributed by atoms with Crippen LogP contribution < -0.4 is 0 Å². The van der Waals surface area contributed by atoms with Gasteiger partial charge < -0.3 is 4.84 Å². The monoisotopic (exact) mass is 370 g/mol. The number of aromatic nitrogens is 1. The third-order valence-corrected chi connectivity index (χ3v) is 4.12. The zero-order valence-corrected chi connectivity index (χ0v) is 14.4. The zero-order valence-electron chi connectivity index (χ0n) is 12.9. The van der Waals surface area contributed by atoms with Gasteiger partial charge in [-0.2, -0.15) is 0 Å². The summed E-state index contributed by atoms with van der Waals surface area (Å²) in [6, 6.07) is 17.5. The smallest absolute Gasteiger partial charge is 0.312 e. The first-order valence-corrected chi connectivity index (χ1v) is 8.11. The van der Waals surface area contributed by atoms with Crippen molar-refractivity contribution in [2.24, 2.45) is 5.16 Å². The molecule has 0 spiro atoms. The second-order valence-electron chi connectivity index (χ2n) is 5.05. The fourth-order valence-electron chi connectivity index (χ4n) is 2.14. The molecule has 0 aliphatic rings. The number of hydrogen-bond donors (Lipinski definition) is 0. The van der Waals surface area contributed by atoms with Crippen molar-refractivity contribution in [1.82, 2.24) is 4.98 Å². The van der Waals surface area contributed by atoms with Crippen molar-refractivity contribution in [3.8, 4) is 0 Å². The van der Waals surface area contributed by atoms with Crippen LogP contribution in [0.3, 0.4) is 0 Å². The average Bonchev–Trinajstić information content (AvgIpc) is 2.66. The van der Waals surface area contributed by atoms with Crippen molar-refractivity contribution in [2.45, 2.75) is 0 Å². The van der Waals surface area contributed by atoms with Gasteiger partial charge in [-0.05, 0) is 30.3 Å². The fourth-order valence-corrected chi connectivity index (χ4v) is 2.44. The Morgan fingerprint density at radius 2 is 1.52 bits per heavy atom. The third-order valence-electron chi connectivity index (χ3n) is 3.38. The molecule has 0 aliphatic carbocycles. The molecule has 0 amide bonds. The van der Waals surface area contributed by atoms with Gasteiger partial charge >= 0.3 is 5.97 Å². The van der Waals surface area contributed by atoms with E-state index in [0.29, 0.717) is 10.7 Å². The van der Waals surface area contributed by atoms with Gasteiger partial charge in [0.1, 0.15) is 5.71 Å². The van der Waals surface area contributed by atoms with Crippen LogP contribution in [0.15, 0.2) is 78.2 Å². The molecule has 124 valence electrons. The van der Waals surface area contributed by atoms with Gasteiger partial charge in [-0.15, -0.1) is 0 Å². The quantitative estimate of drug-likeness (QED) is 0.369. The molecule has 0 saturated carbocycles. The van der Waals surface area contributed by atoms with Gasteiger partial charge in [-0.25, -0.2) is 4.79 Å². The van der Waals surface area contributed by atoms with Gasteiger partial charge in [-0.1, -0.05) is 58.7 Å². The van der Waals surface area contributed by atoms with E-state index in [2.05, 4.69) is 10.1 Å². The summed E-state index contributed by atoms with van der Waals surface area (Å²) in [5, 5.41) is 4.70. The summed E-state index contributed by atoms with van der Waals surface area (Å²) >= 11 is 11.8. The number of nitrogens with zero attached hydrogens (tertiary/aromatic N) is 2. The summed E-state index contributed by atoms with van der Waals surface area (Å²) in [7, 11) is 0. The van der Waals surface area contributed by atoms with Crippen molar-refractivity contribution in [1.29, 1.82) is 0 Å². The Labute approximate surface area is 154 Å². The second kappa shape index (κ2) is 7.92. The second-order valence-corrected chi connectivity index (χ2v) is 5.86. The predicted octanol–water partition coefficient (Wildman–Crippen LogP) is 5.00. The average molecular weight is 371 g/mol. The molecule has 0 bridgehead atoms. The van der Waals surface area contributed by atoms with Crippen molar-refractivity contribution in [3.63, 3.8) is 0 Å². The maximum Gasteiger partial charge on any atom is 0.365 e. The van der Waals surface area contributed by atoms with Crippen LogP contribution in [0.2, 0.25) is 10.0 Å². The molecule has 1 aromatic heterocycles. The fraction of sp³-hybridized carbons (Fsp3) is 0. The molecule has 0 saturated heterocycles. The number of oxime groups is 1. The molecule has 0 radical (unpaired) electrons. The predicted molar refractivity (Wildman–Crippen MR) is 98.2 cm³/mol. The highest BCUT2D eigenvalue weighted by Gasteiger charge is 2.12. The summed E-state index contributed by atoms with van der Waals surface area (Å²) in [6.45, 7) is 0. The van der Waals surface area contributed by atoms with Crippen molar-refractivity contribution in [2.75, 3.05) is 0 Å². The van der Waals surface area contributed by atoms with E-state index in [1.807, 2.05) is 30.3 Å². The van der Waals surface area contributed by atoms with Crippen LogP contribution in [0.5, 0.6) is 0 Å². The van der Waals surface area contributed by atoms with E-state index in [1.165, 1.54) is 18.2 Å². The zero-order chi connectivity index (χ0) is 17.6. The van der Waals surface area contributed by atoms with E-state index in [9.17, 15) is 4.79 Å². The lowest BCUT2D eigenvalue weighted by Crippen LogP contribution is -2.08. The number of halogens is 2. The first kappa shape index (κ1) is 17.1. The Morgan fingerprint density at radius 1 is 0.840 bits per heavy atom. The van der Waals surface area contributed by atoms with Gasteiger partial charge in [-0.3, -0.25) is 4.98 Å². The maximum absolute atomic E-state index is 12.2. The number of rotatable bonds is 4. The van der Waals surface area contributed by atoms with Crippen LogP contribution in [0, 0.1) is 0 Å². The van der Waals surface area contributed by atoms with E-state index < -0.39 is 5.97 Å². The highest BCUT2D eigenvalue weighted by atomic mass is 35.5. The van der Waals surface area contributed by atoms with Gasteiger partial charge in [0.25, 0.3) is 0 Å². The molecule has 1 heterocycles. The standard InChI is InChI=1S/C19H12Cl2N2O2/c20-16-7-6-15(12-17(16)21)19(24)25-23-18(13-4-2-1-3-5-13)14-8-10-22-11-9-14/h1-12H/b23-18-. The molecular weight excluding hydrogens is 359 g/mol. The third kappa shape index (κ3) is 4.24. The minimum absolute atomic E-state index is 0.264. The molecule has 3 rings (SSSR count). The Hall–Kier alpha value is -2.69. The normalized spacial score (nSPS) is 11.2. The summed E-state index contributed by atoms with van der Waals surface area (Å²) in [5.41, 5.74) is 2.38. The van der Waals surface area contributed by atoms with E-state index in [4.69, 9.17) is 28.0 Å². The van der Waals surface area contributed by atoms with Crippen molar-refractivity contribution < 1.29 is 9.63 Å². The SMILES string of the molecule is O=C(O/N=C(/c1ccccc1)c1ccncc1)c1ccc(Cl)c(Cl)c1. The lowest BCUT2D eigenvalue weighted by molar-refractivity contribution is 0.0517.